The van der Waals surface area contributed by atoms with Crippen LogP contribution in [0.4, 0.5) is 0 Å². The molecular formula is C17H26N2O2. The fraction of sp³-hybridized carbons (Fsp3) is 0.588. The molecule has 1 aromatic carbocycles. The zero-order valence-electron chi connectivity index (χ0n) is 13.1. The van der Waals surface area contributed by atoms with Crippen LogP contribution in [0, 0.1) is 12.8 Å². The van der Waals surface area contributed by atoms with Gasteiger partial charge in [0, 0.05) is 13.1 Å². The Balaban J connectivity index is 1.71. The Morgan fingerprint density at radius 1 is 1.29 bits per heavy atom. The maximum absolute atomic E-state index is 12.1. The highest BCUT2D eigenvalue weighted by Crippen LogP contribution is 2.20. The molecule has 1 aromatic rings. The highest BCUT2D eigenvalue weighted by atomic mass is 16.5. The highest BCUT2D eigenvalue weighted by molar-refractivity contribution is 5.77. The summed E-state index contributed by atoms with van der Waals surface area (Å²) in [7, 11) is 1.99. The molecule has 1 saturated heterocycles. The third kappa shape index (κ3) is 5.05. The number of piperidine rings is 1. The molecule has 1 amide bonds. The molecule has 21 heavy (non-hydrogen) atoms. The fourth-order valence-corrected chi connectivity index (χ4v) is 2.69. The number of hydrogen-bond donors (Lipinski definition) is 1. The number of benzene rings is 1. The standard InChI is InChI=1S/C17H26N2O2/c1-14-3-5-16(6-4-14)21-13-17(20)19-11-8-15(9-12-19)7-10-18-2/h3-6,15,18H,7-13H2,1-2H3. The lowest BCUT2D eigenvalue weighted by atomic mass is 9.93. The van der Waals surface area contributed by atoms with Crippen LogP contribution in [0.2, 0.25) is 0 Å². The number of carbonyl (C=O) groups is 1. The van der Waals surface area contributed by atoms with Gasteiger partial charge in [-0.1, -0.05) is 17.7 Å². The summed E-state index contributed by atoms with van der Waals surface area (Å²) in [6, 6.07) is 7.80. The van der Waals surface area contributed by atoms with Crippen molar-refractivity contribution in [1.29, 1.82) is 0 Å². The van der Waals surface area contributed by atoms with Gasteiger partial charge in [0.2, 0.25) is 0 Å². The van der Waals surface area contributed by atoms with Crippen LogP contribution in [0.1, 0.15) is 24.8 Å². The van der Waals surface area contributed by atoms with E-state index in [1.165, 1.54) is 12.0 Å². The molecule has 2 rings (SSSR count). The molecular weight excluding hydrogens is 264 g/mol. The average molecular weight is 290 g/mol. The molecule has 1 heterocycles. The van der Waals surface area contributed by atoms with E-state index in [1.54, 1.807) is 0 Å². The quantitative estimate of drug-likeness (QED) is 0.873. The second kappa shape index (κ2) is 8.03. The van der Waals surface area contributed by atoms with Crippen molar-refractivity contribution in [2.24, 2.45) is 5.92 Å². The number of amides is 1. The van der Waals surface area contributed by atoms with E-state index in [2.05, 4.69) is 5.32 Å². The van der Waals surface area contributed by atoms with Crippen molar-refractivity contribution in [3.05, 3.63) is 29.8 Å². The molecule has 0 saturated carbocycles. The minimum atomic E-state index is 0.0997. The zero-order chi connectivity index (χ0) is 15.1. The first-order valence-electron chi connectivity index (χ1n) is 7.81. The SMILES string of the molecule is CNCCC1CCN(C(=O)COc2ccc(C)cc2)CC1. The monoisotopic (exact) mass is 290 g/mol. The van der Waals surface area contributed by atoms with Crippen LogP contribution in [0.25, 0.3) is 0 Å². The predicted octanol–water partition coefficient (Wildman–Crippen LogP) is 2.22. The lowest BCUT2D eigenvalue weighted by Gasteiger charge is -2.32. The van der Waals surface area contributed by atoms with Gasteiger partial charge in [0.15, 0.2) is 6.61 Å². The summed E-state index contributed by atoms with van der Waals surface area (Å²) in [5.74, 6) is 1.61. The predicted molar refractivity (Wildman–Crippen MR) is 84.5 cm³/mol. The number of ether oxygens (including phenoxy) is 1. The molecule has 0 aliphatic carbocycles. The van der Waals surface area contributed by atoms with Gasteiger partial charge in [-0.15, -0.1) is 0 Å². The molecule has 0 unspecified atom stereocenters. The molecule has 116 valence electrons. The Kier molecular flexibility index (Phi) is 6.05. The van der Waals surface area contributed by atoms with Crippen molar-refractivity contribution in [3.63, 3.8) is 0 Å². The summed E-state index contributed by atoms with van der Waals surface area (Å²) in [5.41, 5.74) is 1.19. The Bertz CT molecular complexity index is 437. The third-order valence-corrected chi connectivity index (χ3v) is 4.15. The average Bonchev–Trinajstić information content (AvgIpc) is 2.52. The molecule has 1 aliphatic heterocycles. The molecule has 1 aliphatic rings. The Morgan fingerprint density at radius 3 is 2.57 bits per heavy atom. The second-order valence-corrected chi connectivity index (χ2v) is 5.82. The Labute approximate surface area is 127 Å². The minimum absolute atomic E-state index is 0.0997. The molecule has 0 radical (unpaired) electrons. The van der Waals surface area contributed by atoms with Crippen molar-refractivity contribution >= 4 is 5.91 Å². The normalized spacial score (nSPS) is 16.0. The zero-order valence-corrected chi connectivity index (χ0v) is 13.1. The summed E-state index contributed by atoms with van der Waals surface area (Å²) in [4.78, 5) is 14.1. The molecule has 1 fully saturated rings. The van der Waals surface area contributed by atoms with Crippen LogP contribution in [0.3, 0.4) is 0 Å². The number of likely N-dealkylation sites (tertiary alicyclic amines) is 1. The van der Waals surface area contributed by atoms with E-state index >= 15 is 0 Å². The van der Waals surface area contributed by atoms with Gasteiger partial charge in [-0.25, -0.2) is 0 Å². The number of nitrogens with zero attached hydrogens (tertiary/aromatic N) is 1. The smallest absolute Gasteiger partial charge is 0.260 e. The van der Waals surface area contributed by atoms with Gasteiger partial charge >= 0.3 is 0 Å². The van der Waals surface area contributed by atoms with E-state index in [4.69, 9.17) is 4.74 Å². The van der Waals surface area contributed by atoms with E-state index < -0.39 is 0 Å². The number of aryl methyl sites for hydroxylation is 1. The van der Waals surface area contributed by atoms with Crippen LogP contribution < -0.4 is 10.1 Å². The van der Waals surface area contributed by atoms with Crippen LogP contribution in [0.5, 0.6) is 5.75 Å². The summed E-state index contributed by atoms with van der Waals surface area (Å²) in [5, 5.41) is 3.19. The summed E-state index contributed by atoms with van der Waals surface area (Å²) >= 11 is 0. The fourth-order valence-electron chi connectivity index (χ4n) is 2.69. The maximum atomic E-state index is 12.1. The summed E-state index contributed by atoms with van der Waals surface area (Å²) < 4.78 is 5.57. The maximum Gasteiger partial charge on any atom is 0.260 e. The number of nitrogens with one attached hydrogen (secondary N) is 1. The van der Waals surface area contributed by atoms with Crippen molar-refractivity contribution < 1.29 is 9.53 Å². The topological polar surface area (TPSA) is 41.6 Å². The van der Waals surface area contributed by atoms with Gasteiger partial charge in [-0.2, -0.15) is 0 Å². The number of hydrogen-bond acceptors (Lipinski definition) is 3. The molecule has 0 aromatic heterocycles. The molecule has 4 heteroatoms. The molecule has 4 nitrogen and oxygen atoms in total. The van der Waals surface area contributed by atoms with Crippen LogP contribution in [0.15, 0.2) is 24.3 Å². The van der Waals surface area contributed by atoms with Crippen molar-refractivity contribution in [2.75, 3.05) is 33.3 Å². The van der Waals surface area contributed by atoms with Gasteiger partial charge in [0.05, 0.1) is 0 Å². The lowest BCUT2D eigenvalue weighted by Crippen LogP contribution is -2.41. The highest BCUT2D eigenvalue weighted by Gasteiger charge is 2.22. The largest absolute Gasteiger partial charge is 0.484 e. The molecule has 0 atom stereocenters. The van der Waals surface area contributed by atoms with Crippen LogP contribution in [-0.4, -0.2) is 44.1 Å². The van der Waals surface area contributed by atoms with Crippen LogP contribution >= 0.6 is 0 Å². The first-order chi connectivity index (χ1) is 10.2. The van der Waals surface area contributed by atoms with Crippen molar-refractivity contribution in [3.8, 4) is 5.75 Å². The van der Waals surface area contributed by atoms with Gasteiger partial charge in [0.1, 0.15) is 5.75 Å². The van der Waals surface area contributed by atoms with E-state index in [9.17, 15) is 4.79 Å². The summed E-state index contributed by atoms with van der Waals surface area (Å²) in [6.45, 7) is 4.97. The van der Waals surface area contributed by atoms with Crippen molar-refractivity contribution in [2.45, 2.75) is 26.2 Å². The Morgan fingerprint density at radius 2 is 1.95 bits per heavy atom. The number of carbonyl (C=O) groups excluding carboxylic acids is 1. The first-order valence-corrected chi connectivity index (χ1v) is 7.81. The molecule has 0 spiro atoms. The third-order valence-electron chi connectivity index (χ3n) is 4.15. The Hall–Kier alpha value is -1.55. The molecule has 1 N–H and O–H groups in total. The van der Waals surface area contributed by atoms with Crippen molar-refractivity contribution in [1.82, 2.24) is 10.2 Å². The first kappa shape index (κ1) is 15.8. The summed E-state index contributed by atoms with van der Waals surface area (Å²) in [6.07, 6.45) is 3.42. The molecule has 0 bridgehead atoms. The van der Waals surface area contributed by atoms with Gasteiger partial charge in [-0.3, -0.25) is 4.79 Å². The lowest BCUT2D eigenvalue weighted by molar-refractivity contribution is -0.134. The van der Waals surface area contributed by atoms with E-state index in [-0.39, 0.29) is 12.5 Å². The van der Waals surface area contributed by atoms with Crippen LogP contribution in [-0.2, 0) is 4.79 Å². The van der Waals surface area contributed by atoms with Gasteiger partial charge < -0.3 is 15.0 Å². The van der Waals surface area contributed by atoms with E-state index in [1.807, 2.05) is 43.1 Å². The van der Waals surface area contributed by atoms with Gasteiger partial charge in [-0.05, 0) is 57.8 Å². The number of rotatable bonds is 6. The van der Waals surface area contributed by atoms with E-state index in [0.29, 0.717) is 0 Å². The second-order valence-electron chi connectivity index (χ2n) is 5.82. The minimum Gasteiger partial charge on any atom is -0.484 e. The van der Waals surface area contributed by atoms with Gasteiger partial charge in [0.25, 0.3) is 5.91 Å². The van der Waals surface area contributed by atoms with E-state index in [0.717, 1.165) is 44.1 Å².